The minimum absolute atomic E-state index is 0.437. The molecule has 0 spiro atoms. The topological polar surface area (TPSA) is 50.9 Å². The Bertz CT molecular complexity index is 465. The van der Waals surface area contributed by atoms with E-state index in [2.05, 4.69) is 24.0 Å². The van der Waals surface area contributed by atoms with Gasteiger partial charge in [0.05, 0.1) is 18.0 Å². The van der Waals surface area contributed by atoms with Crippen LogP contribution in [0, 0.1) is 5.92 Å². The molecule has 0 saturated heterocycles. The van der Waals surface area contributed by atoms with Crippen LogP contribution in [0.2, 0.25) is 0 Å². The van der Waals surface area contributed by atoms with Crippen molar-refractivity contribution < 1.29 is 5.11 Å². The maximum atomic E-state index is 9.94. The summed E-state index contributed by atoms with van der Waals surface area (Å²) in [4.78, 5) is 1.54. The standard InChI is InChI=1S/C13H17N3O/c1-10(2)8-13(17)12-9-14-16(15-12)11-6-4-3-5-7-11/h3-7,9-10,13,17H,8H2,1-2H3. The zero-order valence-corrected chi connectivity index (χ0v) is 10.1. The van der Waals surface area contributed by atoms with Crippen LogP contribution in [0.5, 0.6) is 0 Å². The van der Waals surface area contributed by atoms with Crippen molar-refractivity contribution in [3.8, 4) is 5.69 Å². The molecule has 1 atom stereocenters. The molecule has 90 valence electrons. The second-order valence-electron chi connectivity index (χ2n) is 4.54. The molecule has 0 aliphatic carbocycles. The van der Waals surface area contributed by atoms with E-state index >= 15 is 0 Å². The molecule has 2 aromatic rings. The summed E-state index contributed by atoms with van der Waals surface area (Å²) in [5.41, 5.74) is 1.53. The number of hydrogen-bond acceptors (Lipinski definition) is 3. The van der Waals surface area contributed by atoms with Gasteiger partial charge in [-0.05, 0) is 24.5 Å². The molecule has 2 rings (SSSR count). The van der Waals surface area contributed by atoms with E-state index in [0.29, 0.717) is 18.0 Å². The lowest BCUT2D eigenvalue weighted by atomic mass is 10.0. The summed E-state index contributed by atoms with van der Waals surface area (Å²) in [5, 5.41) is 18.4. The van der Waals surface area contributed by atoms with Crippen LogP contribution < -0.4 is 0 Å². The Balaban J connectivity index is 2.16. The maximum absolute atomic E-state index is 9.94. The first-order chi connectivity index (χ1) is 8.16. The number of nitrogens with zero attached hydrogens (tertiary/aromatic N) is 3. The first-order valence-corrected chi connectivity index (χ1v) is 5.82. The number of aromatic nitrogens is 3. The molecule has 0 bridgehead atoms. The zero-order chi connectivity index (χ0) is 12.3. The number of aliphatic hydroxyl groups excluding tert-OH is 1. The monoisotopic (exact) mass is 231 g/mol. The van der Waals surface area contributed by atoms with Crippen molar-refractivity contribution in [1.82, 2.24) is 15.0 Å². The van der Waals surface area contributed by atoms with E-state index in [1.165, 1.54) is 0 Å². The van der Waals surface area contributed by atoms with Gasteiger partial charge in [-0.15, -0.1) is 0 Å². The molecule has 0 radical (unpaired) electrons. The predicted octanol–water partition coefficient (Wildman–Crippen LogP) is 2.35. The maximum Gasteiger partial charge on any atom is 0.112 e. The molecule has 1 unspecified atom stereocenters. The molecule has 0 saturated carbocycles. The van der Waals surface area contributed by atoms with E-state index < -0.39 is 6.10 Å². The molecule has 0 amide bonds. The number of benzene rings is 1. The van der Waals surface area contributed by atoms with E-state index in [4.69, 9.17) is 0 Å². The van der Waals surface area contributed by atoms with Crippen molar-refractivity contribution in [2.75, 3.05) is 0 Å². The van der Waals surface area contributed by atoms with Crippen molar-refractivity contribution >= 4 is 0 Å². The molecule has 17 heavy (non-hydrogen) atoms. The fourth-order valence-corrected chi connectivity index (χ4v) is 1.68. The summed E-state index contributed by atoms with van der Waals surface area (Å²) >= 11 is 0. The van der Waals surface area contributed by atoms with Crippen LogP contribution in [0.15, 0.2) is 36.5 Å². The predicted molar refractivity (Wildman–Crippen MR) is 65.8 cm³/mol. The summed E-state index contributed by atoms with van der Waals surface area (Å²) in [6.45, 7) is 4.15. The van der Waals surface area contributed by atoms with Crippen LogP contribution >= 0.6 is 0 Å². The smallest absolute Gasteiger partial charge is 0.112 e. The van der Waals surface area contributed by atoms with Gasteiger partial charge in [-0.3, -0.25) is 0 Å². The normalized spacial score (nSPS) is 12.9. The molecule has 0 aliphatic heterocycles. The van der Waals surface area contributed by atoms with Gasteiger partial charge in [0, 0.05) is 0 Å². The van der Waals surface area contributed by atoms with Gasteiger partial charge in [0.1, 0.15) is 5.69 Å². The Labute approximate surface area is 101 Å². The SMILES string of the molecule is CC(C)CC(O)c1cnn(-c2ccccc2)n1. The van der Waals surface area contributed by atoms with Crippen LogP contribution in [-0.4, -0.2) is 20.1 Å². The Kier molecular flexibility index (Phi) is 3.54. The quantitative estimate of drug-likeness (QED) is 0.878. The molecule has 4 nitrogen and oxygen atoms in total. The van der Waals surface area contributed by atoms with E-state index in [0.717, 1.165) is 5.69 Å². The van der Waals surface area contributed by atoms with Crippen LogP contribution in [0.4, 0.5) is 0 Å². The third-order valence-corrected chi connectivity index (χ3v) is 2.53. The minimum atomic E-state index is -0.535. The average molecular weight is 231 g/mol. The molecule has 0 aliphatic rings. The number of para-hydroxylation sites is 1. The Morgan fingerprint density at radius 3 is 2.59 bits per heavy atom. The van der Waals surface area contributed by atoms with Gasteiger partial charge in [0.2, 0.25) is 0 Å². The average Bonchev–Trinajstić information content (AvgIpc) is 2.78. The lowest BCUT2D eigenvalue weighted by Crippen LogP contribution is -2.04. The van der Waals surface area contributed by atoms with Crippen molar-refractivity contribution in [2.24, 2.45) is 5.92 Å². The van der Waals surface area contributed by atoms with Crippen molar-refractivity contribution in [2.45, 2.75) is 26.4 Å². The third kappa shape index (κ3) is 2.91. The van der Waals surface area contributed by atoms with Crippen LogP contribution in [0.3, 0.4) is 0 Å². The summed E-state index contributed by atoms with van der Waals surface area (Å²) in [6.07, 6.45) is 1.79. The summed E-state index contributed by atoms with van der Waals surface area (Å²) < 4.78 is 0. The molecule has 1 aromatic heterocycles. The molecular formula is C13H17N3O. The largest absolute Gasteiger partial charge is 0.387 e. The number of hydrogen-bond donors (Lipinski definition) is 1. The van der Waals surface area contributed by atoms with Gasteiger partial charge in [-0.25, -0.2) is 0 Å². The van der Waals surface area contributed by atoms with E-state index in [1.807, 2.05) is 30.3 Å². The van der Waals surface area contributed by atoms with Gasteiger partial charge in [0.25, 0.3) is 0 Å². The van der Waals surface area contributed by atoms with E-state index in [-0.39, 0.29) is 0 Å². The van der Waals surface area contributed by atoms with Gasteiger partial charge >= 0.3 is 0 Å². The fourth-order valence-electron chi connectivity index (χ4n) is 1.68. The highest BCUT2D eigenvalue weighted by Gasteiger charge is 2.13. The number of rotatable bonds is 4. The Hall–Kier alpha value is -1.68. The molecule has 1 heterocycles. The highest BCUT2D eigenvalue weighted by atomic mass is 16.3. The highest BCUT2D eigenvalue weighted by Crippen LogP contribution is 2.18. The molecule has 4 heteroatoms. The lowest BCUT2D eigenvalue weighted by Gasteiger charge is -2.09. The summed E-state index contributed by atoms with van der Waals surface area (Å²) in [6, 6.07) is 9.67. The van der Waals surface area contributed by atoms with Crippen LogP contribution in [0.25, 0.3) is 5.69 Å². The fraction of sp³-hybridized carbons (Fsp3) is 0.385. The Morgan fingerprint density at radius 2 is 1.94 bits per heavy atom. The molecule has 1 aromatic carbocycles. The Morgan fingerprint density at radius 1 is 1.24 bits per heavy atom. The van der Waals surface area contributed by atoms with Gasteiger partial charge in [-0.2, -0.15) is 15.0 Å². The van der Waals surface area contributed by atoms with Gasteiger partial charge in [-0.1, -0.05) is 32.0 Å². The minimum Gasteiger partial charge on any atom is -0.387 e. The first-order valence-electron chi connectivity index (χ1n) is 5.82. The second-order valence-corrected chi connectivity index (χ2v) is 4.54. The first kappa shape index (κ1) is 11.8. The van der Waals surface area contributed by atoms with Gasteiger partial charge in [0.15, 0.2) is 0 Å². The van der Waals surface area contributed by atoms with Crippen molar-refractivity contribution in [3.63, 3.8) is 0 Å². The second kappa shape index (κ2) is 5.10. The summed E-state index contributed by atoms with van der Waals surface area (Å²) in [7, 11) is 0. The van der Waals surface area contributed by atoms with E-state index in [9.17, 15) is 5.11 Å². The molecule has 0 fully saturated rings. The van der Waals surface area contributed by atoms with Crippen molar-refractivity contribution in [3.05, 3.63) is 42.2 Å². The van der Waals surface area contributed by atoms with Gasteiger partial charge < -0.3 is 5.11 Å². The van der Waals surface area contributed by atoms with E-state index in [1.54, 1.807) is 11.0 Å². The third-order valence-electron chi connectivity index (χ3n) is 2.53. The van der Waals surface area contributed by atoms with Crippen LogP contribution in [-0.2, 0) is 0 Å². The zero-order valence-electron chi connectivity index (χ0n) is 10.1. The van der Waals surface area contributed by atoms with Crippen molar-refractivity contribution in [1.29, 1.82) is 0 Å². The summed E-state index contributed by atoms with van der Waals surface area (Å²) in [5.74, 6) is 0.437. The highest BCUT2D eigenvalue weighted by molar-refractivity contribution is 5.28. The molecule has 1 N–H and O–H groups in total. The molecular weight excluding hydrogens is 214 g/mol. The lowest BCUT2D eigenvalue weighted by molar-refractivity contribution is 0.146. The number of aliphatic hydroxyl groups is 1. The van der Waals surface area contributed by atoms with Crippen LogP contribution in [0.1, 0.15) is 32.1 Å².